The average Bonchev–Trinajstić information content (AvgIpc) is 3.09. The number of hydrogen-bond donors (Lipinski definition) is 1. The van der Waals surface area contributed by atoms with Gasteiger partial charge in [0.1, 0.15) is 11.5 Å². The molecular formula is C23H26N2O4. The summed E-state index contributed by atoms with van der Waals surface area (Å²) >= 11 is 0. The Bertz CT molecular complexity index is 948. The second-order valence-corrected chi connectivity index (χ2v) is 8.07. The smallest absolute Gasteiger partial charge is 0.338 e. The molecule has 4 rings (SSSR count). The van der Waals surface area contributed by atoms with Gasteiger partial charge in [-0.2, -0.15) is 5.10 Å². The average molecular weight is 394 g/mol. The van der Waals surface area contributed by atoms with E-state index in [0.717, 1.165) is 18.4 Å². The van der Waals surface area contributed by atoms with E-state index in [1.807, 2.05) is 12.1 Å². The van der Waals surface area contributed by atoms with Crippen LogP contribution in [0, 0.1) is 17.3 Å². The molecule has 3 atom stereocenters. The number of benzene rings is 1. The van der Waals surface area contributed by atoms with Crippen LogP contribution in [0.25, 0.3) is 11.3 Å². The van der Waals surface area contributed by atoms with Crippen molar-refractivity contribution >= 4 is 18.1 Å². The lowest BCUT2D eigenvalue weighted by Crippen LogP contribution is -2.22. The molecule has 0 aliphatic heterocycles. The largest absolute Gasteiger partial charge is 0.462 e. The first-order valence-corrected chi connectivity index (χ1v) is 10.2. The molecule has 6 heteroatoms. The van der Waals surface area contributed by atoms with Gasteiger partial charge in [-0.05, 0) is 55.4 Å². The fraction of sp³-hybridized carbons (Fsp3) is 0.435. The maximum absolute atomic E-state index is 12.4. The van der Waals surface area contributed by atoms with E-state index in [2.05, 4.69) is 17.5 Å². The van der Waals surface area contributed by atoms with Crippen LogP contribution in [0.15, 0.2) is 45.9 Å². The summed E-state index contributed by atoms with van der Waals surface area (Å²) in [6.07, 6.45) is 6.22. The standard InChI is InChI=1S/C23H26N2O4/c1-3-28-22(27)16-8-6-7-15(13-16)19-11-10-17(29-19)14-24-25-21(26)20-18-9-4-5-12-23(18,20)2/h6-8,10-11,13-14,18,20H,3-5,9,12H2,1-2H3,(H,25,26)/b24-14-/t18-,20-,23+/m0/s1. The molecule has 2 aromatic rings. The lowest BCUT2D eigenvalue weighted by atomic mass is 9.90. The Morgan fingerprint density at radius 2 is 2.17 bits per heavy atom. The predicted octanol–water partition coefficient (Wildman–Crippen LogP) is 4.40. The first kappa shape index (κ1) is 19.4. The van der Waals surface area contributed by atoms with Crippen molar-refractivity contribution in [3.63, 3.8) is 0 Å². The Morgan fingerprint density at radius 3 is 2.93 bits per heavy atom. The summed E-state index contributed by atoms with van der Waals surface area (Å²) in [4.78, 5) is 24.3. The van der Waals surface area contributed by atoms with Crippen LogP contribution in [0.4, 0.5) is 0 Å². The molecule has 29 heavy (non-hydrogen) atoms. The van der Waals surface area contributed by atoms with Crippen molar-refractivity contribution < 1.29 is 18.7 Å². The summed E-state index contributed by atoms with van der Waals surface area (Å²) in [6.45, 7) is 4.32. The van der Waals surface area contributed by atoms with Gasteiger partial charge in [-0.1, -0.05) is 31.9 Å². The van der Waals surface area contributed by atoms with Gasteiger partial charge in [-0.15, -0.1) is 0 Å². The third kappa shape index (κ3) is 3.84. The second-order valence-electron chi connectivity index (χ2n) is 8.07. The van der Waals surface area contributed by atoms with E-state index in [0.29, 0.717) is 29.6 Å². The van der Waals surface area contributed by atoms with Gasteiger partial charge in [0.2, 0.25) is 5.91 Å². The van der Waals surface area contributed by atoms with Gasteiger partial charge in [0.25, 0.3) is 0 Å². The normalized spacial score (nSPS) is 25.4. The van der Waals surface area contributed by atoms with Crippen LogP contribution >= 0.6 is 0 Å². The topological polar surface area (TPSA) is 80.9 Å². The van der Waals surface area contributed by atoms with Crippen LogP contribution in [0.2, 0.25) is 0 Å². The van der Waals surface area contributed by atoms with Crippen molar-refractivity contribution in [2.24, 2.45) is 22.4 Å². The van der Waals surface area contributed by atoms with Gasteiger partial charge >= 0.3 is 5.97 Å². The first-order valence-electron chi connectivity index (χ1n) is 10.2. The molecule has 6 nitrogen and oxygen atoms in total. The van der Waals surface area contributed by atoms with Crippen molar-refractivity contribution in [3.8, 4) is 11.3 Å². The van der Waals surface area contributed by atoms with E-state index >= 15 is 0 Å². The minimum atomic E-state index is -0.361. The van der Waals surface area contributed by atoms with Crippen molar-refractivity contribution in [2.45, 2.75) is 39.5 Å². The van der Waals surface area contributed by atoms with Crippen LogP contribution in [0.1, 0.15) is 55.6 Å². The fourth-order valence-electron chi connectivity index (χ4n) is 4.67. The van der Waals surface area contributed by atoms with Crippen molar-refractivity contribution in [1.29, 1.82) is 0 Å². The van der Waals surface area contributed by atoms with Gasteiger partial charge in [0.15, 0.2) is 0 Å². The summed E-state index contributed by atoms with van der Waals surface area (Å²) in [5.74, 6) is 1.38. The quantitative estimate of drug-likeness (QED) is 0.447. The van der Waals surface area contributed by atoms with Gasteiger partial charge in [-0.3, -0.25) is 4.79 Å². The number of hydrogen-bond acceptors (Lipinski definition) is 5. The highest BCUT2D eigenvalue weighted by Crippen LogP contribution is 2.66. The Balaban J connectivity index is 1.38. The number of amides is 1. The van der Waals surface area contributed by atoms with Crippen molar-refractivity contribution in [2.75, 3.05) is 6.61 Å². The summed E-state index contributed by atoms with van der Waals surface area (Å²) in [6, 6.07) is 10.7. The number of nitrogens with zero attached hydrogens (tertiary/aromatic N) is 1. The Labute approximate surface area is 170 Å². The van der Waals surface area contributed by atoms with E-state index in [-0.39, 0.29) is 23.2 Å². The number of hydrazone groups is 1. The summed E-state index contributed by atoms with van der Waals surface area (Å²) in [5.41, 5.74) is 4.08. The highest BCUT2D eigenvalue weighted by Gasteiger charge is 2.64. The third-order valence-corrected chi connectivity index (χ3v) is 6.27. The molecular weight excluding hydrogens is 368 g/mol. The minimum absolute atomic E-state index is 0.00423. The van der Waals surface area contributed by atoms with E-state index in [9.17, 15) is 9.59 Å². The fourth-order valence-corrected chi connectivity index (χ4v) is 4.67. The zero-order valence-electron chi connectivity index (χ0n) is 16.8. The zero-order chi connectivity index (χ0) is 20.4. The number of nitrogens with one attached hydrogen (secondary N) is 1. The van der Waals surface area contributed by atoms with Gasteiger partial charge in [0.05, 0.1) is 18.4 Å². The number of rotatable bonds is 6. The first-order chi connectivity index (χ1) is 14.0. The maximum Gasteiger partial charge on any atom is 0.338 e. The highest BCUT2D eigenvalue weighted by atomic mass is 16.5. The molecule has 1 aromatic heterocycles. The number of furan rings is 1. The molecule has 1 N–H and O–H groups in total. The van der Waals surface area contributed by atoms with E-state index in [4.69, 9.17) is 9.15 Å². The monoisotopic (exact) mass is 394 g/mol. The third-order valence-electron chi connectivity index (χ3n) is 6.27. The molecule has 1 heterocycles. The van der Waals surface area contributed by atoms with Crippen LogP contribution in [-0.2, 0) is 9.53 Å². The van der Waals surface area contributed by atoms with Gasteiger partial charge in [-0.25, -0.2) is 10.2 Å². The number of fused-ring (bicyclic) bond motifs is 1. The number of carbonyl (C=O) groups is 2. The molecule has 0 bridgehead atoms. The van der Waals surface area contributed by atoms with Gasteiger partial charge < -0.3 is 9.15 Å². The van der Waals surface area contributed by atoms with E-state index < -0.39 is 0 Å². The molecule has 0 spiro atoms. The van der Waals surface area contributed by atoms with Crippen molar-refractivity contribution in [1.82, 2.24) is 5.43 Å². The molecule has 1 aromatic carbocycles. The van der Waals surface area contributed by atoms with Gasteiger partial charge in [0, 0.05) is 11.5 Å². The van der Waals surface area contributed by atoms with Crippen LogP contribution < -0.4 is 5.43 Å². The van der Waals surface area contributed by atoms with Crippen molar-refractivity contribution in [3.05, 3.63) is 47.7 Å². The molecule has 0 unspecified atom stereocenters. The maximum atomic E-state index is 12.4. The van der Waals surface area contributed by atoms with E-state index in [1.54, 1.807) is 31.2 Å². The highest BCUT2D eigenvalue weighted by molar-refractivity contribution is 5.91. The predicted molar refractivity (Wildman–Crippen MR) is 109 cm³/mol. The number of ether oxygens (including phenoxy) is 1. The number of esters is 1. The second kappa shape index (κ2) is 7.85. The molecule has 0 saturated heterocycles. The lowest BCUT2D eigenvalue weighted by molar-refractivity contribution is -0.123. The van der Waals surface area contributed by atoms with E-state index in [1.165, 1.54) is 19.1 Å². The van der Waals surface area contributed by atoms with Crippen LogP contribution in [-0.4, -0.2) is 24.7 Å². The Hall–Kier alpha value is -2.89. The lowest BCUT2D eigenvalue weighted by Gasteiger charge is -2.15. The molecule has 152 valence electrons. The summed E-state index contributed by atoms with van der Waals surface area (Å²) in [7, 11) is 0. The summed E-state index contributed by atoms with van der Waals surface area (Å²) < 4.78 is 10.8. The minimum Gasteiger partial charge on any atom is -0.462 e. The molecule has 0 radical (unpaired) electrons. The van der Waals surface area contributed by atoms with Crippen LogP contribution in [0.5, 0.6) is 0 Å². The Kier molecular flexibility index (Phi) is 5.26. The SMILES string of the molecule is CCOC(=O)c1cccc(-c2ccc(/C=N\NC(=O)[C@@H]3[C@@H]4CCCC[C@@]34C)o2)c1. The zero-order valence-corrected chi connectivity index (χ0v) is 16.8. The molecule has 1 amide bonds. The molecule has 2 aliphatic rings. The Morgan fingerprint density at radius 1 is 1.31 bits per heavy atom. The molecule has 2 saturated carbocycles. The summed E-state index contributed by atoms with van der Waals surface area (Å²) in [5, 5.41) is 4.08. The van der Waals surface area contributed by atoms with Crippen LogP contribution in [0.3, 0.4) is 0 Å². The molecule has 2 aliphatic carbocycles. The number of carbonyl (C=O) groups excluding carboxylic acids is 2. The molecule has 2 fully saturated rings.